The van der Waals surface area contributed by atoms with E-state index in [0.717, 1.165) is 13.1 Å². The highest BCUT2D eigenvalue weighted by Crippen LogP contribution is 2.24. The molecule has 2 heterocycles. The zero-order chi connectivity index (χ0) is 17.1. The minimum Gasteiger partial charge on any atom is -0.369 e. The van der Waals surface area contributed by atoms with E-state index in [1.54, 1.807) is 5.56 Å². The Morgan fingerprint density at radius 2 is 1.72 bits per heavy atom. The van der Waals surface area contributed by atoms with Gasteiger partial charge in [0.2, 0.25) is 0 Å². The van der Waals surface area contributed by atoms with E-state index in [1.165, 1.54) is 75.2 Å². The van der Waals surface area contributed by atoms with Crippen molar-refractivity contribution in [3.05, 3.63) is 47.3 Å². The molecule has 2 aromatic rings. The summed E-state index contributed by atoms with van der Waals surface area (Å²) in [6, 6.07) is 10.8. The number of hydrogen-bond acceptors (Lipinski definition) is 3. The standard InChI is InChI=1S/C21H30N4/c1-23-21(19-10-5-6-11-20(19)22-23)12-7-13-24-14-16-25(17-15-24)18-8-3-2-4-9-18/h2-4,8-9H,5-7,10-17H2,1H3. The fourth-order valence-corrected chi connectivity index (χ4v) is 4.40. The summed E-state index contributed by atoms with van der Waals surface area (Å²) in [6.07, 6.45) is 7.51. The van der Waals surface area contributed by atoms with Gasteiger partial charge in [-0.25, -0.2) is 0 Å². The molecule has 4 rings (SSSR count). The van der Waals surface area contributed by atoms with Crippen LogP contribution in [0.3, 0.4) is 0 Å². The molecule has 4 nitrogen and oxygen atoms in total. The lowest BCUT2D eigenvalue weighted by Gasteiger charge is -2.36. The number of anilines is 1. The third-order valence-electron chi connectivity index (χ3n) is 5.83. The number of nitrogens with zero attached hydrogens (tertiary/aromatic N) is 4. The van der Waals surface area contributed by atoms with Crippen molar-refractivity contribution in [2.45, 2.75) is 38.5 Å². The quantitative estimate of drug-likeness (QED) is 0.837. The highest BCUT2D eigenvalue weighted by atomic mass is 15.3. The summed E-state index contributed by atoms with van der Waals surface area (Å²) in [5, 5.41) is 4.76. The molecule has 1 aromatic carbocycles. The number of rotatable bonds is 5. The average Bonchev–Trinajstić information content (AvgIpc) is 2.99. The fraction of sp³-hybridized carbons (Fsp3) is 0.571. The van der Waals surface area contributed by atoms with E-state index in [9.17, 15) is 0 Å². The monoisotopic (exact) mass is 338 g/mol. The van der Waals surface area contributed by atoms with Gasteiger partial charge in [0.1, 0.15) is 0 Å². The number of aryl methyl sites for hydroxylation is 2. The molecule has 4 heteroatoms. The van der Waals surface area contributed by atoms with Crippen molar-refractivity contribution >= 4 is 5.69 Å². The molecule has 0 spiro atoms. The fourth-order valence-electron chi connectivity index (χ4n) is 4.40. The average molecular weight is 338 g/mol. The summed E-state index contributed by atoms with van der Waals surface area (Å²) in [4.78, 5) is 5.14. The summed E-state index contributed by atoms with van der Waals surface area (Å²) >= 11 is 0. The molecule has 1 aromatic heterocycles. The van der Waals surface area contributed by atoms with Gasteiger partial charge in [0.15, 0.2) is 0 Å². The molecule has 1 saturated heterocycles. The zero-order valence-corrected chi connectivity index (χ0v) is 15.5. The second-order valence-electron chi connectivity index (χ2n) is 7.47. The van der Waals surface area contributed by atoms with Gasteiger partial charge in [0.25, 0.3) is 0 Å². The maximum Gasteiger partial charge on any atom is 0.0659 e. The molecule has 134 valence electrons. The zero-order valence-electron chi connectivity index (χ0n) is 15.5. The van der Waals surface area contributed by atoms with Gasteiger partial charge in [-0.2, -0.15) is 5.10 Å². The van der Waals surface area contributed by atoms with Crippen molar-refractivity contribution in [3.8, 4) is 0 Å². The lowest BCUT2D eigenvalue weighted by atomic mass is 9.94. The normalized spacial score (nSPS) is 18.4. The van der Waals surface area contributed by atoms with Gasteiger partial charge in [-0.1, -0.05) is 18.2 Å². The van der Waals surface area contributed by atoms with Gasteiger partial charge in [-0.3, -0.25) is 9.58 Å². The Labute approximate surface area is 151 Å². The second kappa shape index (κ2) is 7.61. The Bertz CT molecular complexity index is 683. The van der Waals surface area contributed by atoms with Gasteiger partial charge >= 0.3 is 0 Å². The largest absolute Gasteiger partial charge is 0.369 e. The summed E-state index contributed by atoms with van der Waals surface area (Å²) in [7, 11) is 2.13. The molecule has 0 saturated carbocycles. The van der Waals surface area contributed by atoms with Crippen LogP contribution in [0.5, 0.6) is 0 Å². The predicted octanol–water partition coefficient (Wildman–Crippen LogP) is 3.05. The number of hydrogen-bond donors (Lipinski definition) is 0. The van der Waals surface area contributed by atoms with Crippen molar-refractivity contribution in [1.29, 1.82) is 0 Å². The first-order valence-corrected chi connectivity index (χ1v) is 9.87. The molecule has 2 aliphatic rings. The topological polar surface area (TPSA) is 24.3 Å². The van der Waals surface area contributed by atoms with Crippen LogP contribution in [0.4, 0.5) is 5.69 Å². The Morgan fingerprint density at radius 1 is 0.960 bits per heavy atom. The van der Waals surface area contributed by atoms with Gasteiger partial charge in [-0.05, 0) is 62.8 Å². The number of fused-ring (bicyclic) bond motifs is 1. The lowest BCUT2D eigenvalue weighted by Crippen LogP contribution is -2.46. The van der Waals surface area contributed by atoms with Crippen LogP contribution in [0.25, 0.3) is 0 Å². The molecule has 25 heavy (non-hydrogen) atoms. The summed E-state index contributed by atoms with van der Waals surface area (Å²) in [5.74, 6) is 0. The highest BCUT2D eigenvalue weighted by Gasteiger charge is 2.20. The number of benzene rings is 1. The molecule has 1 aliphatic heterocycles. The number of piperazine rings is 1. The van der Waals surface area contributed by atoms with E-state index in [1.807, 2.05) is 0 Å². The van der Waals surface area contributed by atoms with Gasteiger partial charge < -0.3 is 4.90 Å². The van der Waals surface area contributed by atoms with E-state index in [2.05, 4.69) is 51.9 Å². The highest BCUT2D eigenvalue weighted by molar-refractivity contribution is 5.46. The maximum atomic E-state index is 4.76. The molecule has 0 radical (unpaired) electrons. The summed E-state index contributed by atoms with van der Waals surface area (Å²) in [6.45, 7) is 5.86. The minimum atomic E-state index is 1.14. The van der Waals surface area contributed by atoms with E-state index >= 15 is 0 Å². The van der Waals surface area contributed by atoms with Crippen LogP contribution < -0.4 is 4.90 Å². The van der Waals surface area contributed by atoms with E-state index in [4.69, 9.17) is 5.10 Å². The Balaban J connectivity index is 1.26. The van der Waals surface area contributed by atoms with Crippen LogP contribution in [0.2, 0.25) is 0 Å². The van der Waals surface area contributed by atoms with Crippen LogP contribution in [0.15, 0.2) is 30.3 Å². The van der Waals surface area contributed by atoms with Crippen molar-refractivity contribution in [3.63, 3.8) is 0 Å². The third-order valence-corrected chi connectivity index (χ3v) is 5.83. The smallest absolute Gasteiger partial charge is 0.0659 e. The first-order chi connectivity index (χ1) is 12.3. The minimum absolute atomic E-state index is 1.14. The molecule has 1 aliphatic carbocycles. The Morgan fingerprint density at radius 3 is 2.52 bits per heavy atom. The first kappa shape index (κ1) is 16.6. The summed E-state index contributed by atoms with van der Waals surface area (Å²) in [5.41, 5.74) is 5.81. The lowest BCUT2D eigenvalue weighted by molar-refractivity contribution is 0.254. The van der Waals surface area contributed by atoms with Crippen LogP contribution in [0, 0.1) is 0 Å². The van der Waals surface area contributed by atoms with Crippen molar-refractivity contribution in [2.24, 2.45) is 7.05 Å². The van der Waals surface area contributed by atoms with Crippen LogP contribution in [-0.2, 0) is 26.3 Å². The summed E-state index contributed by atoms with van der Waals surface area (Å²) < 4.78 is 2.16. The predicted molar refractivity (Wildman–Crippen MR) is 103 cm³/mol. The van der Waals surface area contributed by atoms with E-state index < -0.39 is 0 Å². The van der Waals surface area contributed by atoms with Gasteiger partial charge in [-0.15, -0.1) is 0 Å². The third kappa shape index (κ3) is 3.74. The van der Waals surface area contributed by atoms with E-state index in [-0.39, 0.29) is 0 Å². The number of para-hydroxylation sites is 1. The molecular weight excluding hydrogens is 308 g/mol. The van der Waals surface area contributed by atoms with Crippen LogP contribution in [-0.4, -0.2) is 47.4 Å². The Hall–Kier alpha value is -1.81. The van der Waals surface area contributed by atoms with Crippen LogP contribution >= 0.6 is 0 Å². The molecule has 1 fully saturated rings. The molecular formula is C21H30N4. The van der Waals surface area contributed by atoms with Crippen molar-refractivity contribution in [2.75, 3.05) is 37.6 Å². The van der Waals surface area contributed by atoms with Gasteiger partial charge in [0.05, 0.1) is 5.69 Å². The first-order valence-electron chi connectivity index (χ1n) is 9.87. The Kier molecular flexibility index (Phi) is 5.07. The molecule has 0 amide bonds. The van der Waals surface area contributed by atoms with E-state index in [0.29, 0.717) is 0 Å². The maximum absolute atomic E-state index is 4.76. The number of aromatic nitrogens is 2. The molecule has 0 atom stereocenters. The van der Waals surface area contributed by atoms with Gasteiger partial charge in [0, 0.05) is 44.6 Å². The molecule has 0 bridgehead atoms. The van der Waals surface area contributed by atoms with Crippen molar-refractivity contribution < 1.29 is 0 Å². The van der Waals surface area contributed by atoms with Crippen molar-refractivity contribution in [1.82, 2.24) is 14.7 Å². The molecule has 0 unspecified atom stereocenters. The second-order valence-corrected chi connectivity index (χ2v) is 7.47. The SMILES string of the molecule is Cn1nc2c(c1CCCN1CCN(c3ccccc3)CC1)CCCC2. The molecule has 0 N–H and O–H groups in total. The van der Waals surface area contributed by atoms with Crippen LogP contribution in [0.1, 0.15) is 36.2 Å².